The Bertz CT molecular complexity index is 390. The van der Waals surface area contributed by atoms with Crippen LogP contribution in [0.25, 0.3) is 0 Å². The van der Waals surface area contributed by atoms with Crippen LogP contribution in [-0.2, 0) is 14.3 Å². The van der Waals surface area contributed by atoms with Crippen LogP contribution in [0.4, 0.5) is 4.79 Å². The van der Waals surface area contributed by atoms with Crippen LogP contribution in [0.5, 0.6) is 0 Å². The number of carbonyl (C=O) groups excluding carboxylic acids is 2. The highest BCUT2D eigenvalue weighted by molar-refractivity contribution is 5.78. The zero-order valence-electron chi connectivity index (χ0n) is 16.1. The molecule has 0 saturated heterocycles. The molecule has 25 heavy (non-hydrogen) atoms. The maximum absolute atomic E-state index is 11.7. The molecular formula is C20H35NO4. The van der Waals surface area contributed by atoms with E-state index < -0.39 is 12.1 Å². The van der Waals surface area contributed by atoms with E-state index in [1.54, 1.807) is 6.92 Å². The van der Waals surface area contributed by atoms with Crippen molar-refractivity contribution < 1.29 is 19.1 Å². The topological polar surface area (TPSA) is 55.8 Å². The maximum Gasteiger partial charge on any atom is 0.411 e. The lowest BCUT2D eigenvalue weighted by atomic mass is 10.1. The van der Waals surface area contributed by atoms with Gasteiger partial charge in [-0.05, 0) is 13.3 Å². The van der Waals surface area contributed by atoms with Crippen molar-refractivity contribution in [1.29, 1.82) is 0 Å². The Balaban J connectivity index is 3.56. The number of terminal acetylenes is 1. The van der Waals surface area contributed by atoms with Gasteiger partial charge in [-0.1, -0.05) is 70.6 Å². The summed E-state index contributed by atoms with van der Waals surface area (Å²) in [4.78, 5) is 24.6. The number of hydrogen-bond donors (Lipinski definition) is 0. The van der Waals surface area contributed by atoms with E-state index in [9.17, 15) is 9.59 Å². The first-order valence-electron chi connectivity index (χ1n) is 9.66. The molecule has 0 aliphatic heterocycles. The molecule has 144 valence electrons. The minimum Gasteiger partial charge on any atom is -0.464 e. The lowest BCUT2D eigenvalue weighted by Gasteiger charge is -2.18. The third kappa shape index (κ3) is 14.4. The lowest BCUT2D eigenvalue weighted by molar-refractivity contribution is -0.144. The molecule has 0 heterocycles. The van der Waals surface area contributed by atoms with Crippen molar-refractivity contribution in [3.8, 4) is 12.3 Å². The van der Waals surface area contributed by atoms with Crippen molar-refractivity contribution in [1.82, 2.24) is 4.90 Å². The third-order valence-corrected chi connectivity index (χ3v) is 4.00. The van der Waals surface area contributed by atoms with Gasteiger partial charge in [0.2, 0.25) is 0 Å². The Morgan fingerprint density at radius 2 is 1.44 bits per heavy atom. The molecule has 5 nitrogen and oxygen atoms in total. The van der Waals surface area contributed by atoms with E-state index in [1.807, 2.05) is 0 Å². The molecule has 0 radical (unpaired) electrons. The highest BCUT2D eigenvalue weighted by Gasteiger charge is 2.17. The van der Waals surface area contributed by atoms with Crippen LogP contribution < -0.4 is 0 Å². The SMILES string of the molecule is C#CCOC(=O)N(CC)CC(=O)OCCCCCCCCCCCC. The minimum atomic E-state index is -0.587. The van der Waals surface area contributed by atoms with E-state index in [4.69, 9.17) is 15.9 Å². The fourth-order valence-electron chi connectivity index (χ4n) is 2.48. The van der Waals surface area contributed by atoms with Crippen LogP contribution in [0, 0.1) is 12.3 Å². The summed E-state index contributed by atoms with van der Waals surface area (Å²) >= 11 is 0. The van der Waals surface area contributed by atoms with Crippen molar-refractivity contribution in [3.63, 3.8) is 0 Å². The zero-order valence-corrected chi connectivity index (χ0v) is 16.1. The number of unbranched alkanes of at least 4 members (excludes halogenated alkanes) is 9. The molecule has 0 aliphatic rings. The zero-order chi connectivity index (χ0) is 18.8. The average Bonchev–Trinajstić information content (AvgIpc) is 2.62. The van der Waals surface area contributed by atoms with Crippen molar-refractivity contribution in [3.05, 3.63) is 0 Å². The van der Waals surface area contributed by atoms with E-state index in [1.165, 1.54) is 56.3 Å². The molecule has 0 aliphatic carbocycles. The van der Waals surface area contributed by atoms with Gasteiger partial charge in [-0.25, -0.2) is 4.79 Å². The van der Waals surface area contributed by atoms with Crippen LogP contribution >= 0.6 is 0 Å². The molecule has 0 aromatic carbocycles. The van der Waals surface area contributed by atoms with Gasteiger partial charge in [0.05, 0.1) is 6.61 Å². The van der Waals surface area contributed by atoms with E-state index in [0.717, 1.165) is 12.8 Å². The normalized spacial score (nSPS) is 10.1. The van der Waals surface area contributed by atoms with Gasteiger partial charge in [-0.15, -0.1) is 6.42 Å². The molecule has 0 rings (SSSR count). The number of rotatable bonds is 15. The lowest BCUT2D eigenvalue weighted by Crippen LogP contribution is -2.36. The molecule has 5 heteroatoms. The number of carbonyl (C=O) groups is 2. The highest BCUT2D eigenvalue weighted by Crippen LogP contribution is 2.10. The predicted octanol–water partition coefficient (Wildman–Crippen LogP) is 4.54. The number of hydrogen-bond acceptors (Lipinski definition) is 4. The summed E-state index contributed by atoms with van der Waals surface area (Å²) in [6, 6.07) is 0. The second-order valence-electron chi connectivity index (χ2n) is 6.18. The number of nitrogens with zero attached hydrogens (tertiary/aromatic N) is 1. The number of amides is 1. The molecule has 1 amide bonds. The van der Waals surface area contributed by atoms with Gasteiger partial charge in [0, 0.05) is 6.54 Å². The molecule has 0 aromatic heterocycles. The number of ether oxygens (including phenoxy) is 2. The average molecular weight is 354 g/mol. The largest absolute Gasteiger partial charge is 0.464 e. The quantitative estimate of drug-likeness (QED) is 0.246. The number of esters is 1. The van der Waals surface area contributed by atoms with Gasteiger partial charge in [0.1, 0.15) is 6.54 Å². The van der Waals surface area contributed by atoms with E-state index in [-0.39, 0.29) is 13.2 Å². The van der Waals surface area contributed by atoms with Crippen LogP contribution in [0.1, 0.15) is 78.1 Å². The summed E-state index contributed by atoms with van der Waals surface area (Å²) in [6.07, 6.45) is 16.8. The first-order valence-corrected chi connectivity index (χ1v) is 9.66. The van der Waals surface area contributed by atoms with Crippen LogP contribution in [0.15, 0.2) is 0 Å². The third-order valence-electron chi connectivity index (χ3n) is 4.00. The molecular weight excluding hydrogens is 318 g/mol. The van der Waals surface area contributed by atoms with Gasteiger partial charge in [-0.2, -0.15) is 0 Å². The number of likely N-dealkylation sites (N-methyl/N-ethyl adjacent to an activating group) is 1. The summed E-state index contributed by atoms with van der Waals surface area (Å²) in [7, 11) is 0. The van der Waals surface area contributed by atoms with Gasteiger partial charge in [0.25, 0.3) is 0 Å². The van der Waals surface area contributed by atoms with E-state index in [0.29, 0.717) is 13.2 Å². The Kier molecular flexibility index (Phi) is 16.0. The first kappa shape index (κ1) is 23.3. The van der Waals surface area contributed by atoms with Gasteiger partial charge in [0.15, 0.2) is 6.61 Å². The Morgan fingerprint density at radius 1 is 0.880 bits per heavy atom. The molecule has 0 unspecified atom stereocenters. The summed E-state index contributed by atoms with van der Waals surface area (Å²) in [5.74, 6) is 1.81. The molecule has 0 saturated carbocycles. The molecule has 0 N–H and O–H groups in total. The monoisotopic (exact) mass is 353 g/mol. The Labute approximate surface area is 153 Å². The highest BCUT2D eigenvalue weighted by atomic mass is 16.6. The maximum atomic E-state index is 11.7. The summed E-state index contributed by atoms with van der Waals surface area (Å²) in [5.41, 5.74) is 0. The van der Waals surface area contributed by atoms with E-state index >= 15 is 0 Å². The van der Waals surface area contributed by atoms with E-state index in [2.05, 4.69) is 12.8 Å². The summed E-state index contributed by atoms with van der Waals surface area (Å²) in [5, 5.41) is 0. The smallest absolute Gasteiger partial charge is 0.411 e. The van der Waals surface area contributed by atoms with Gasteiger partial charge < -0.3 is 9.47 Å². The summed E-state index contributed by atoms with van der Waals surface area (Å²) < 4.78 is 9.97. The Hall–Kier alpha value is -1.70. The molecule has 0 atom stereocenters. The molecule has 0 bridgehead atoms. The fraction of sp³-hybridized carbons (Fsp3) is 0.800. The van der Waals surface area contributed by atoms with Crippen LogP contribution in [0.2, 0.25) is 0 Å². The van der Waals surface area contributed by atoms with Gasteiger partial charge in [-0.3, -0.25) is 9.69 Å². The minimum absolute atomic E-state index is 0.0943. The van der Waals surface area contributed by atoms with Crippen LogP contribution in [0.3, 0.4) is 0 Å². The predicted molar refractivity (Wildman–Crippen MR) is 100 cm³/mol. The van der Waals surface area contributed by atoms with Crippen molar-refractivity contribution in [2.24, 2.45) is 0 Å². The van der Waals surface area contributed by atoms with Crippen molar-refractivity contribution in [2.75, 3.05) is 26.3 Å². The second kappa shape index (κ2) is 17.1. The van der Waals surface area contributed by atoms with Crippen molar-refractivity contribution >= 4 is 12.1 Å². The van der Waals surface area contributed by atoms with Crippen LogP contribution in [-0.4, -0.2) is 43.3 Å². The molecule has 0 fully saturated rings. The van der Waals surface area contributed by atoms with Crippen molar-refractivity contribution in [2.45, 2.75) is 78.1 Å². The first-order chi connectivity index (χ1) is 12.2. The molecule has 0 aromatic rings. The Morgan fingerprint density at radius 3 is 1.96 bits per heavy atom. The molecule has 0 spiro atoms. The summed E-state index contributed by atoms with van der Waals surface area (Å²) in [6.45, 7) is 4.59. The standard InChI is InChI=1S/C20H35NO4/c1-4-7-8-9-10-11-12-13-14-15-17-24-19(22)18-21(6-3)20(23)25-16-5-2/h2H,4,6-18H2,1,3H3. The second-order valence-corrected chi connectivity index (χ2v) is 6.18. The van der Waals surface area contributed by atoms with Gasteiger partial charge >= 0.3 is 12.1 Å². The fourth-order valence-corrected chi connectivity index (χ4v) is 2.48.